The van der Waals surface area contributed by atoms with Crippen LogP contribution in [0.2, 0.25) is 0 Å². The van der Waals surface area contributed by atoms with Crippen LogP contribution in [0.25, 0.3) is 27.9 Å². The predicted molar refractivity (Wildman–Crippen MR) is 111 cm³/mol. The number of nitrogens with two attached hydrogens (primary N) is 1. The summed E-state index contributed by atoms with van der Waals surface area (Å²) in [5, 5.41) is 19.8. The normalized spacial score (nSPS) is 18.8. The van der Waals surface area contributed by atoms with E-state index >= 15 is 0 Å². The summed E-state index contributed by atoms with van der Waals surface area (Å²) in [6.07, 6.45) is 0.253. The van der Waals surface area contributed by atoms with Gasteiger partial charge in [0.15, 0.2) is 17.1 Å². The number of hydrogen-bond donors (Lipinski definition) is 2. The monoisotopic (exact) mass is 417 g/mol. The molecule has 2 aromatic heterocycles. The standard InChI is InChI=1S/C22H19N5O4/c1-26-10-9-22(30,21(26)29)18-12-17(31-25-18)13-5-4-6-14(11-13)27-16-8-3-2-7-15(16)19(24-27)20(23)28/h2-8,11-12,30H,9-10H2,1H3,(H2,23,28). The maximum atomic E-state index is 12.3. The second-order valence-corrected chi connectivity index (χ2v) is 7.61. The Balaban J connectivity index is 1.56. The van der Waals surface area contributed by atoms with Crippen LogP contribution in [-0.4, -0.2) is 50.4 Å². The van der Waals surface area contributed by atoms with Crippen molar-refractivity contribution in [2.75, 3.05) is 13.6 Å². The molecule has 1 unspecified atom stereocenters. The van der Waals surface area contributed by atoms with E-state index < -0.39 is 17.4 Å². The first-order chi connectivity index (χ1) is 14.9. The van der Waals surface area contributed by atoms with Crippen molar-refractivity contribution in [3.63, 3.8) is 0 Å². The molecule has 1 saturated heterocycles. The van der Waals surface area contributed by atoms with Crippen molar-refractivity contribution < 1.29 is 19.2 Å². The molecule has 2 aromatic carbocycles. The number of primary amides is 1. The Bertz CT molecular complexity index is 1340. The number of aliphatic hydroxyl groups is 1. The van der Waals surface area contributed by atoms with Crippen LogP contribution in [0.3, 0.4) is 0 Å². The number of para-hydroxylation sites is 1. The Morgan fingerprint density at radius 2 is 2.00 bits per heavy atom. The molecule has 4 aromatic rings. The molecule has 2 amide bonds. The molecule has 5 rings (SSSR count). The number of benzene rings is 2. The Morgan fingerprint density at radius 1 is 1.19 bits per heavy atom. The first-order valence-corrected chi connectivity index (χ1v) is 9.72. The highest BCUT2D eigenvalue weighted by Gasteiger charge is 2.47. The van der Waals surface area contributed by atoms with Crippen molar-refractivity contribution in [2.45, 2.75) is 12.0 Å². The molecule has 1 aliphatic rings. The highest BCUT2D eigenvalue weighted by Crippen LogP contribution is 2.34. The van der Waals surface area contributed by atoms with Gasteiger partial charge in [0, 0.05) is 37.0 Å². The molecular formula is C22H19N5O4. The first-order valence-electron chi connectivity index (χ1n) is 9.72. The highest BCUT2D eigenvalue weighted by molar-refractivity contribution is 6.04. The Morgan fingerprint density at radius 3 is 2.74 bits per heavy atom. The maximum absolute atomic E-state index is 12.3. The number of nitrogens with zero attached hydrogens (tertiary/aromatic N) is 4. The lowest BCUT2D eigenvalue weighted by Gasteiger charge is -2.16. The van der Waals surface area contributed by atoms with E-state index in [4.69, 9.17) is 10.3 Å². The average molecular weight is 417 g/mol. The van der Waals surface area contributed by atoms with Crippen molar-refractivity contribution in [1.29, 1.82) is 0 Å². The number of likely N-dealkylation sites (tertiary alicyclic amines) is 1. The van der Waals surface area contributed by atoms with Crippen LogP contribution in [0.15, 0.2) is 59.1 Å². The fourth-order valence-electron chi connectivity index (χ4n) is 3.93. The van der Waals surface area contributed by atoms with Gasteiger partial charge < -0.3 is 20.3 Å². The van der Waals surface area contributed by atoms with Crippen LogP contribution < -0.4 is 5.73 Å². The van der Waals surface area contributed by atoms with Gasteiger partial charge >= 0.3 is 0 Å². The van der Waals surface area contributed by atoms with E-state index in [1.54, 1.807) is 23.9 Å². The van der Waals surface area contributed by atoms with Crippen molar-refractivity contribution in [3.8, 4) is 17.0 Å². The van der Waals surface area contributed by atoms with E-state index in [0.29, 0.717) is 28.9 Å². The van der Waals surface area contributed by atoms with E-state index in [9.17, 15) is 14.7 Å². The van der Waals surface area contributed by atoms with Gasteiger partial charge in [-0.25, -0.2) is 4.68 Å². The summed E-state index contributed by atoms with van der Waals surface area (Å²) >= 11 is 0. The molecule has 9 nitrogen and oxygen atoms in total. The average Bonchev–Trinajstić information content (AvgIpc) is 3.48. The van der Waals surface area contributed by atoms with Gasteiger partial charge in [-0.05, 0) is 18.2 Å². The summed E-state index contributed by atoms with van der Waals surface area (Å²) in [5.41, 5.74) is 6.30. The molecular weight excluding hydrogens is 398 g/mol. The van der Waals surface area contributed by atoms with Crippen LogP contribution in [0.5, 0.6) is 0 Å². The molecule has 3 heterocycles. The smallest absolute Gasteiger partial charge is 0.269 e. The Hall–Kier alpha value is -3.98. The van der Waals surface area contributed by atoms with E-state index in [0.717, 1.165) is 5.52 Å². The van der Waals surface area contributed by atoms with Crippen molar-refractivity contribution in [1.82, 2.24) is 19.8 Å². The molecule has 156 valence electrons. The number of rotatable bonds is 4. The van der Waals surface area contributed by atoms with Gasteiger partial charge in [0.1, 0.15) is 5.69 Å². The fourth-order valence-corrected chi connectivity index (χ4v) is 3.93. The minimum absolute atomic E-state index is 0.183. The van der Waals surface area contributed by atoms with Crippen LogP contribution in [0, 0.1) is 0 Å². The molecule has 9 heteroatoms. The second kappa shape index (κ2) is 6.78. The molecule has 0 spiro atoms. The third kappa shape index (κ3) is 2.89. The van der Waals surface area contributed by atoms with Gasteiger partial charge in [0.2, 0.25) is 0 Å². The number of aromatic nitrogens is 3. The third-order valence-electron chi connectivity index (χ3n) is 5.64. The van der Waals surface area contributed by atoms with E-state index in [1.165, 1.54) is 4.90 Å². The highest BCUT2D eigenvalue weighted by atomic mass is 16.5. The third-order valence-corrected chi connectivity index (χ3v) is 5.64. The Labute approximate surface area is 176 Å². The largest absolute Gasteiger partial charge is 0.374 e. The molecule has 0 aliphatic carbocycles. The zero-order chi connectivity index (χ0) is 21.8. The molecule has 1 atom stereocenters. The van der Waals surface area contributed by atoms with Crippen molar-refractivity contribution >= 4 is 22.7 Å². The van der Waals surface area contributed by atoms with Crippen LogP contribution >= 0.6 is 0 Å². The van der Waals surface area contributed by atoms with Gasteiger partial charge in [-0.2, -0.15) is 5.10 Å². The van der Waals surface area contributed by atoms with Gasteiger partial charge in [0.05, 0.1) is 11.2 Å². The number of likely N-dealkylation sites (N-methyl/N-ethyl adjacent to an activating group) is 1. The molecule has 0 bridgehead atoms. The summed E-state index contributed by atoms with van der Waals surface area (Å²) in [6, 6.07) is 16.2. The zero-order valence-corrected chi connectivity index (χ0v) is 16.6. The van der Waals surface area contributed by atoms with Crippen molar-refractivity contribution in [2.24, 2.45) is 5.73 Å². The maximum Gasteiger partial charge on any atom is 0.269 e. The van der Waals surface area contributed by atoms with Gasteiger partial charge in [-0.3, -0.25) is 9.59 Å². The molecule has 3 N–H and O–H groups in total. The molecule has 31 heavy (non-hydrogen) atoms. The fraction of sp³-hybridized carbons (Fsp3) is 0.182. The quantitative estimate of drug-likeness (QED) is 0.521. The summed E-state index contributed by atoms with van der Waals surface area (Å²) in [6.45, 7) is 0.446. The summed E-state index contributed by atoms with van der Waals surface area (Å²) < 4.78 is 7.09. The number of carbonyl (C=O) groups excluding carboxylic acids is 2. The minimum Gasteiger partial charge on any atom is -0.374 e. The molecule has 0 saturated carbocycles. The number of amides is 2. The molecule has 1 fully saturated rings. The predicted octanol–water partition coefficient (Wildman–Crippen LogP) is 1.83. The lowest BCUT2D eigenvalue weighted by Crippen LogP contribution is -2.36. The lowest BCUT2D eigenvalue weighted by molar-refractivity contribution is -0.143. The summed E-state index contributed by atoms with van der Waals surface area (Å²) in [4.78, 5) is 25.6. The molecule has 1 aliphatic heterocycles. The van der Waals surface area contributed by atoms with E-state index in [-0.39, 0.29) is 17.8 Å². The zero-order valence-electron chi connectivity index (χ0n) is 16.6. The minimum atomic E-state index is -1.68. The number of hydrogen-bond acceptors (Lipinski definition) is 6. The van der Waals surface area contributed by atoms with Gasteiger partial charge in [-0.15, -0.1) is 0 Å². The van der Waals surface area contributed by atoms with Crippen molar-refractivity contribution in [3.05, 3.63) is 66.0 Å². The first kappa shape index (κ1) is 19.0. The van der Waals surface area contributed by atoms with Crippen LogP contribution in [-0.2, 0) is 10.4 Å². The van der Waals surface area contributed by atoms with Gasteiger partial charge in [0.25, 0.3) is 11.8 Å². The number of carbonyl (C=O) groups is 2. The lowest BCUT2D eigenvalue weighted by atomic mass is 9.97. The van der Waals surface area contributed by atoms with E-state index in [1.807, 2.05) is 42.5 Å². The second-order valence-electron chi connectivity index (χ2n) is 7.61. The topological polar surface area (TPSA) is 127 Å². The van der Waals surface area contributed by atoms with Crippen LogP contribution in [0.4, 0.5) is 0 Å². The summed E-state index contributed by atoms with van der Waals surface area (Å²) in [5.74, 6) is -0.604. The van der Waals surface area contributed by atoms with E-state index in [2.05, 4.69) is 10.3 Å². The number of fused-ring (bicyclic) bond motifs is 1. The Kier molecular flexibility index (Phi) is 4.16. The van der Waals surface area contributed by atoms with Gasteiger partial charge in [-0.1, -0.05) is 35.5 Å². The van der Waals surface area contributed by atoms with Crippen LogP contribution in [0.1, 0.15) is 22.6 Å². The molecule has 0 radical (unpaired) electrons. The SMILES string of the molecule is CN1CCC(O)(c2cc(-c3cccc(-n4nc(C(N)=O)c5ccccc54)c3)on2)C1=O. The summed E-state index contributed by atoms with van der Waals surface area (Å²) in [7, 11) is 1.64.